The lowest BCUT2D eigenvalue weighted by molar-refractivity contribution is -0.117. The number of para-hydroxylation sites is 1. The monoisotopic (exact) mass is 344 g/mol. The van der Waals surface area contributed by atoms with E-state index in [1.807, 2.05) is 49.4 Å². The SMILES string of the molecule is Cc1cccc(CS(=O)(=O)NCC(=O)N2CCc3ccccc32)c1. The molecule has 0 aliphatic carbocycles. The largest absolute Gasteiger partial charge is 0.311 e. The van der Waals surface area contributed by atoms with Gasteiger partial charge in [-0.05, 0) is 30.5 Å². The number of anilines is 1. The Bertz CT molecular complexity index is 862. The second kappa shape index (κ2) is 6.75. The third kappa shape index (κ3) is 3.83. The Morgan fingerprint density at radius 1 is 1.17 bits per heavy atom. The van der Waals surface area contributed by atoms with Gasteiger partial charge in [0.2, 0.25) is 15.9 Å². The Balaban J connectivity index is 1.62. The molecule has 24 heavy (non-hydrogen) atoms. The van der Waals surface area contributed by atoms with E-state index < -0.39 is 10.0 Å². The molecule has 1 aliphatic rings. The van der Waals surface area contributed by atoms with Gasteiger partial charge in [-0.1, -0.05) is 48.0 Å². The first-order valence-corrected chi connectivity index (χ1v) is 9.51. The van der Waals surface area contributed by atoms with Gasteiger partial charge in [-0.15, -0.1) is 0 Å². The summed E-state index contributed by atoms with van der Waals surface area (Å²) in [5, 5.41) is 0. The fourth-order valence-corrected chi connectivity index (χ4v) is 4.00. The summed E-state index contributed by atoms with van der Waals surface area (Å²) in [5.74, 6) is -0.355. The number of carbonyl (C=O) groups excluding carboxylic acids is 1. The van der Waals surface area contributed by atoms with Gasteiger partial charge in [0.05, 0.1) is 12.3 Å². The van der Waals surface area contributed by atoms with Crippen molar-refractivity contribution in [2.45, 2.75) is 19.1 Å². The molecule has 0 aromatic heterocycles. The molecule has 3 rings (SSSR count). The van der Waals surface area contributed by atoms with Gasteiger partial charge in [0, 0.05) is 12.2 Å². The van der Waals surface area contributed by atoms with Crippen LogP contribution in [0.15, 0.2) is 48.5 Å². The minimum Gasteiger partial charge on any atom is -0.311 e. The zero-order valence-electron chi connectivity index (χ0n) is 13.5. The van der Waals surface area contributed by atoms with Crippen molar-refractivity contribution >= 4 is 21.6 Å². The van der Waals surface area contributed by atoms with Crippen molar-refractivity contribution in [3.63, 3.8) is 0 Å². The Kier molecular flexibility index (Phi) is 4.69. The maximum atomic E-state index is 12.4. The standard InChI is InChI=1S/C18H20N2O3S/c1-14-5-4-6-15(11-14)13-24(22,23)19-12-18(21)20-10-9-16-7-2-3-8-17(16)20/h2-8,11,19H,9-10,12-13H2,1H3. The molecule has 1 heterocycles. The molecule has 1 amide bonds. The molecule has 126 valence electrons. The zero-order chi connectivity index (χ0) is 17.2. The summed E-state index contributed by atoms with van der Waals surface area (Å²) in [7, 11) is -3.55. The van der Waals surface area contributed by atoms with Crippen molar-refractivity contribution in [2.24, 2.45) is 0 Å². The summed E-state index contributed by atoms with van der Waals surface area (Å²) >= 11 is 0. The first-order valence-electron chi connectivity index (χ1n) is 7.86. The van der Waals surface area contributed by atoms with Gasteiger partial charge in [0.1, 0.15) is 0 Å². The molecule has 2 aromatic rings. The van der Waals surface area contributed by atoms with Crippen molar-refractivity contribution in [1.29, 1.82) is 0 Å². The molecule has 0 saturated heterocycles. The van der Waals surface area contributed by atoms with Gasteiger partial charge in [0.25, 0.3) is 0 Å². The lowest BCUT2D eigenvalue weighted by atomic mass is 10.2. The van der Waals surface area contributed by atoms with E-state index >= 15 is 0 Å². The highest BCUT2D eigenvalue weighted by Crippen LogP contribution is 2.27. The number of nitrogens with zero attached hydrogens (tertiary/aromatic N) is 1. The van der Waals surface area contributed by atoms with Crippen LogP contribution in [0.3, 0.4) is 0 Å². The fraction of sp³-hybridized carbons (Fsp3) is 0.278. The second-order valence-electron chi connectivity index (χ2n) is 5.99. The second-order valence-corrected chi connectivity index (χ2v) is 7.80. The molecule has 0 fully saturated rings. The third-order valence-corrected chi connectivity index (χ3v) is 5.37. The Morgan fingerprint density at radius 2 is 1.96 bits per heavy atom. The highest BCUT2D eigenvalue weighted by atomic mass is 32.2. The number of hydrogen-bond donors (Lipinski definition) is 1. The van der Waals surface area contributed by atoms with E-state index in [0.29, 0.717) is 12.1 Å². The molecular weight excluding hydrogens is 324 g/mol. The first-order chi connectivity index (χ1) is 11.4. The van der Waals surface area contributed by atoms with Gasteiger partial charge in [-0.25, -0.2) is 13.1 Å². The molecule has 0 radical (unpaired) electrons. The Labute approximate surface area is 142 Å². The summed E-state index contributed by atoms with van der Waals surface area (Å²) in [5.41, 5.74) is 3.71. The van der Waals surface area contributed by atoms with E-state index in [-0.39, 0.29) is 18.2 Å². The number of rotatable bonds is 5. The van der Waals surface area contributed by atoms with Gasteiger partial charge < -0.3 is 4.90 Å². The van der Waals surface area contributed by atoms with Gasteiger partial charge in [-0.2, -0.15) is 0 Å². The van der Waals surface area contributed by atoms with Crippen molar-refractivity contribution < 1.29 is 13.2 Å². The van der Waals surface area contributed by atoms with Gasteiger partial charge in [0.15, 0.2) is 0 Å². The average Bonchev–Trinajstić information content (AvgIpc) is 2.96. The normalized spacial score (nSPS) is 13.8. The molecule has 0 atom stereocenters. The lowest BCUT2D eigenvalue weighted by Crippen LogP contribution is -2.39. The van der Waals surface area contributed by atoms with Crippen LogP contribution in [0, 0.1) is 6.92 Å². The van der Waals surface area contributed by atoms with E-state index in [0.717, 1.165) is 23.2 Å². The first kappa shape index (κ1) is 16.7. The van der Waals surface area contributed by atoms with Crippen LogP contribution in [-0.2, 0) is 27.0 Å². The van der Waals surface area contributed by atoms with Crippen LogP contribution in [0.1, 0.15) is 16.7 Å². The number of sulfonamides is 1. The molecule has 6 heteroatoms. The molecule has 1 N–H and O–H groups in total. The van der Waals surface area contributed by atoms with Crippen molar-refractivity contribution in [1.82, 2.24) is 4.72 Å². The number of carbonyl (C=O) groups is 1. The molecule has 0 spiro atoms. The number of amides is 1. The molecule has 2 aromatic carbocycles. The van der Waals surface area contributed by atoms with Crippen LogP contribution in [-0.4, -0.2) is 27.4 Å². The van der Waals surface area contributed by atoms with Gasteiger partial charge in [-0.3, -0.25) is 4.79 Å². The highest BCUT2D eigenvalue weighted by molar-refractivity contribution is 7.88. The predicted molar refractivity (Wildman–Crippen MR) is 94.3 cm³/mol. The van der Waals surface area contributed by atoms with Crippen LogP contribution < -0.4 is 9.62 Å². The number of nitrogens with one attached hydrogen (secondary N) is 1. The minimum absolute atomic E-state index is 0.126. The van der Waals surface area contributed by atoms with E-state index in [4.69, 9.17) is 0 Å². The Hall–Kier alpha value is -2.18. The number of aryl methyl sites for hydroxylation is 1. The number of benzene rings is 2. The number of hydrogen-bond acceptors (Lipinski definition) is 3. The maximum Gasteiger partial charge on any atom is 0.242 e. The quantitative estimate of drug-likeness (QED) is 0.902. The van der Waals surface area contributed by atoms with Crippen molar-refractivity contribution in [3.8, 4) is 0 Å². The van der Waals surface area contributed by atoms with Crippen molar-refractivity contribution in [3.05, 3.63) is 65.2 Å². The van der Waals surface area contributed by atoms with Crippen LogP contribution >= 0.6 is 0 Å². The number of fused-ring (bicyclic) bond motifs is 1. The molecule has 0 unspecified atom stereocenters. The summed E-state index contributed by atoms with van der Waals surface area (Å²) in [6.45, 7) is 2.29. The summed E-state index contributed by atoms with van der Waals surface area (Å²) in [6.07, 6.45) is 0.804. The highest BCUT2D eigenvalue weighted by Gasteiger charge is 2.25. The maximum absolute atomic E-state index is 12.4. The van der Waals surface area contributed by atoms with E-state index in [2.05, 4.69) is 4.72 Å². The lowest BCUT2D eigenvalue weighted by Gasteiger charge is -2.17. The smallest absolute Gasteiger partial charge is 0.242 e. The third-order valence-electron chi connectivity index (χ3n) is 4.07. The van der Waals surface area contributed by atoms with Crippen LogP contribution in [0.4, 0.5) is 5.69 Å². The summed E-state index contributed by atoms with van der Waals surface area (Å²) < 4.78 is 26.8. The summed E-state index contributed by atoms with van der Waals surface area (Å²) in [4.78, 5) is 14.0. The molecule has 0 saturated carbocycles. The van der Waals surface area contributed by atoms with Crippen LogP contribution in [0.5, 0.6) is 0 Å². The van der Waals surface area contributed by atoms with Crippen LogP contribution in [0.2, 0.25) is 0 Å². The molecular formula is C18H20N2O3S. The average molecular weight is 344 g/mol. The van der Waals surface area contributed by atoms with E-state index in [9.17, 15) is 13.2 Å². The van der Waals surface area contributed by atoms with Gasteiger partial charge >= 0.3 is 0 Å². The molecule has 0 bridgehead atoms. The molecule has 5 nitrogen and oxygen atoms in total. The minimum atomic E-state index is -3.55. The van der Waals surface area contributed by atoms with Crippen LogP contribution in [0.25, 0.3) is 0 Å². The van der Waals surface area contributed by atoms with E-state index in [1.54, 1.807) is 11.0 Å². The molecule has 1 aliphatic heterocycles. The van der Waals surface area contributed by atoms with E-state index in [1.165, 1.54) is 0 Å². The fourth-order valence-electron chi connectivity index (χ4n) is 2.94. The Morgan fingerprint density at radius 3 is 2.75 bits per heavy atom. The van der Waals surface area contributed by atoms with Crippen molar-refractivity contribution in [2.75, 3.05) is 18.0 Å². The predicted octanol–water partition coefficient (Wildman–Crippen LogP) is 2.00. The summed E-state index contributed by atoms with van der Waals surface area (Å²) in [6, 6.07) is 15.0. The topological polar surface area (TPSA) is 66.5 Å². The zero-order valence-corrected chi connectivity index (χ0v) is 14.3.